The van der Waals surface area contributed by atoms with E-state index in [1.54, 1.807) is 19.1 Å². The van der Waals surface area contributed by atoms with E-state index in [0.29, 0.717) is 18.1 Å². The zero-order valence-electron chi connectivity index (χ0n) is 17.7. The van der Waals surface area contributed by atoms with Crippen LogP contribution in [0, 0.1) is 30.5 Å². The molecule has 0 spiro atoms. The van der Waals surface area contributed by atoms with Crippen molar-refractivity contribution in [2.45, 2.75) is 26.4 Å². The molecule has 0 saturated carbocycles. The molecule has 0 aromatic heterocycles. The molecule has 1 aliphatic rings. The van der Waals surface area contributed by atoms with Crippen LogP contribution in [0.25, 0.3) is 0 Å². The first-order chi connectivity index (χ1) is 15.2. The van der Waals surface area contributed by atoms with Gasteiger partial charge >= 0.3 is 0 Å². The Labute approximate surface area is 183 Å². The van der Waals surface area contributed by atoms with Gasteiger partial charge in [0.1, 0.15) is 18.2 Å². The molecule has 1 heterocycles. The molecule has 3 aromatic rings. The summed E-state index contributed by atoms with van der Waals surface area (Å²) in [6.07, 6.45) is 1.89. The molecule has 31 heavy (non-hydrogen) atoms. The average Bonchev–Trinajstić information content (AvgIpc) is 2.81. The van der Waals surface area contributed by atoms with E-state index in [9.17, 15) is 4.39 Å². The van der Waals surface area contributed by atoms with Crippen LogP contribution < -0.4 is 10.1 Å². The number of ether oxygens (including phenoxy) is 2. The molecule has 0 amide bonds. The van der Waals surface area contributed by atoms with Crippen LogP contribution in [0.3, 0.4) is 0 Å². The standard InChI is InChI=1S/C27H26FNO2/c1-20-18-23(11-13-25(20)28)29-26-8-5-9-27(31-19-22-6-3-2-4-7-22)24(26)12-10-21-14-16-30-17-15-21/h2-9,11,13,18,21,29H,14-17,19H2,1H3. The van der Waals surface area contributed by atoms with E-state index >= 15 is 0 Å². The van der Waals surface area contributed by atoms with Crippen LogP contribution in [-0.2, 0) is 11.3 Å². The van der Waals surface area contributed by atoms with Crippen LogP contribution >= 0.6 is 0 Å². The minimum absolute atomic E-state index is 0.218. The lowest BCUT2D eigenvalue weighted by molar-refractivity contribution is 0.0807. The SMILES string of the molecule is Cc1cc(Nc2cccc(OCc3ccccc3)c2C#CC2CCOCC2)ccc1F. The first-order valence-corrected chi connectivity index (χ1v) is 10.6. The summed E-state index contributed by atoms with van der Waals surface area (Å²) in [5.74, 6) is 7.61. The van der Waals surface area contributed by atoms with Crippen molar-refractivity contribution in [3.63, 3.8) is 0 Å². The predicted octanol–water partition coefficient (Wildman–Crippen LogP) is 6.23. The van der Waals surface area contributed by atoms with Gasteiger partial charge in [-0.3, -0.25) is 0 Å². The zero-order valence-corrected chi connectivity index (χ0v) is 17.7. The summed E-state index contributed by atoms with van der Waals surface area (Å²) in [6.45, 7) is 3.73. The van der Waals surface area contributed by atoms with Gasteiger partial charge in [0.2, 0.25) is 0 Å². The minimum atomic E-state index is -0.218. The fourth-order valence-electron chi connectivity index (χ4n) is 3.51. The Hall–Kier alpha value is -3.29. The van der Waals surface area contributed by atoms with Gasteiger partial charge in [-0.25, -0.2) is 4.39 Å². The van der Waals surface area contributed by atoms with Gasteiger partial charge in [-0.2, -0.15) is 0 Å². The van der Waals surface area contributed by atoms with Crippen molar-refractivity contribution < 1.29 is 13.9 Å². The molecule has 0 bridgehead atoms. The normalized spacial score (nSPS) is 13.9. The van der Waals surface area contributed by atoms with Crippen molar-refractivity contribution in [2.75, 3.05) is 18.5 Å². The van der Waals surface area contributed by atoms with Crippen LogP contribution in [-0.4, -0.2) is 13.2 Å². The van der Waals surface area contributed by atoms with Crippen LogP contribution in [0.2, 0.25) is 0 Å². The maximum absolute atomic E-state index is 13.7. The Kier molecular flexibility index (Phi) is 6.86. The molecule has 1 fully saturated rings. The molecule has 0 radical (unpaired) electrons. The molecule has 3 aromatic carbocycles. The summed E-state index contributed by atoms with van der Waals surface area (Å²) >= 11 is 0. The van der Waals surface area contributed by atoms with Crippen molar-refractivity contribution >= 4 is 11.4 Å². The number of hydrogen-bond donors (Lipinski definition) is 1. The summed E-state index contributed by atoms with van der Waals surface area (Å²) in [6, 6.07) is 20.9. The fraction of sp³-hybridized carbons (Fsp3) is 0.259. The van der Waals surface area contributed by atoms with Crippen molar-refractivity contribution in [3.05, 3.63) is 89.2 Å². The molecule has 158 valence electrons. The number of anilines is 2. The smallest absolute Gasteiger partial charge is 0.137 e. The third-order valence-corrected chi connectivity index (χ3v) is 5.32. The van der Waals surface area contributed by atoms with Gasteiger partial charge in [0.05, 0.1) is 11.3 Å². The molecule has 4 rings (SSSR count). The topological polar surface area (TPSA) is 30.5 Å². The Balaban J connectivity index is 1.63. The third kappa shape index (κ3) is 5.65. The Morgan fingerprint density at radius 1 is 1.03 bits per heavy atom. The summed E-state index contributed by atoms with van der Waals surface area (Å²) in [5, 5.41) is 3.39. The monoisotopic (exact) mass is 415 g/mol. The predicted molar refractivity (Wildman–Crippen MR) is 122 cm³/mol. The zero-order chi connectivity index (χ0) is 21.5. The van der Waals surface area contributed by atoms with E-state index in [-0.39, 0.29) is 5.82 Å². The molecule has 4 heteroatoms. The van der Waals surface area contributed by atoms with Crippen molar-refractivity contribution in [2.24, 2.45) is 5.92 Å². The van der Waals surface area contributed by atoms with Gasteiger partial charge in [-0.05, 0) is 61.2 Å². The van der Waals surface area contributed by atoms with Gasteiger partial charge in [0, 0.05) is 24.8 Å². The number of aryl methyl sites for hydroxylation is 1. The Morgan fingerprint density at radius 2 is 1.84 bits per heavy atom. The molecule has 3 nitrogen and oxygen atoms in total. The Morgan fingerprint density at radius 3 is 2.61 bits per heavy atom. The maximum Gasteiger partial charge on any atom is 0.137 e. The van der Waals surface area contributed by atoms with E-state index in [1.165, 1.54) is 6.07 Å². The highest BCUT2D eigenvalue weighted by Crippen LogP contribution is 2.30. The third-order valence-electron chi connectivity index (χ3n) is 5.32. The summed E-state index contributed by atoms with van der Waals surface area (Å²) in [5.41, 5.74) is 4.16. The molecule has 0 atom stereocenters. The number of benzene rings is 3. The first-order valence-electron chi connectivity index (χ1n) is 10.6. The largest absolute Gasteiger partial charge is 0.488 e. The van der Waals surface area contributed by atoms with Gasteiger partial charge in [0.25, 0.3) is 0 Å². The van der Waals surface area contributed by atoms with Gasteiger partial charge in [-0.1, -0.05) is 48.2 Å². The second-order valence-corrected chi connectivity index (χ2v) is 7.70. The lowest BCUT2D eigenvalue weighted by atomic mass is 10.00. The fourth-order valence-corrected chi connectivity index (χ4v) is 3.51. The Bertz CT molecular complexity index is 1080. The maximum atomic E-state index is 13.7. The second kappa shape index (κ2) is 10.1. The minimum Gasteiger partial charge on any atom is -0.488 e. The van der Waals surface area contributed by atoms with E-state index in [0.717, 1.165) is 54.3 Å². The van der Waals surface area contributed by atoms with E-state index in [2.05, 4.69) is 17.2 Å². The average molecular weight is 416 g/mol. The first kappa shape index (κ1) is 21.0. The van der Waals surface area contributed by atoms with Crippen molar-refractivity contribution in [1.29, 1.82) is 0 Å². The molecule has 0 aliphatic carbocycles. The molecular formula is C27H26FNO2. The van der Waals surface area contributed by atoms with Crippen LogP contribution in [0.15, 0.2) is 66.7 Å². The van der Waals surface area contributed by atoms with Gasteiger partial charge < -0.3 is 14.8 Å². The van der Waals surface area contributed by atoms with Crippen LogP contribution in [0.5, 0.6) is 5.75 Å². The van der Waals surface area contributed by atoms with Crippen molar-refractivity contribution in [1.82, 2.24) is 0 Å². The number of rotatable bonds is 5. The molecule has 1 aliphatic heterocycles. The number of nitrogens with one attached hydrogen (secondary N) is 1. The molecule has 1 saturated heterocycles. The lowest BCUT2D eigenvalue weighted by Gasteiger charge is -2.17. The summed E-state index contributed by atoms with van der Waals surface area (Å²) in [7, 11) is 0. The number of hydrogen-bond acceptors (Lipinski definition) is 3. The van der Waals surface area contributed by atoms with Crippen LogP contribution in [0.1, 0.15) is 29.5 Å². The quantitative estimate of drug-likeness (QED) is 0.501. The second-order valence-electron chi connectivity index (χ2n) is 7.70. The highest BCUT2D eigenvalue weighted by molar-refractivity contribution is 5.71. The van der Waals surface area contributed by atoms with Gasteiger partial charge in [0.15, 0.2) is 0 Å². The molecule has 0 unspecified atom stereocenters. The van der Waals surface area contributed by atoms with E-state index < -0.39 is 0 Å². The molecule has 1 N–H and O–H groups in total. The summed E-state index contributed by atoms with van der Waals surface area (Å²) in [4.78, 5) is 0. The summed E-state index contributed by atoms with van der Waals surface area (Å²) < 4.78 is 25.3. The van der Waals surface area contributed by atoms with E-state index in [1.807, 2.05) is 48.5 Å². The van der Waals surface area contributed by atoms with E-state index in [4.69, 9.17) is 9.47 Å². The highest BCUT2D eigenvalue weighted by Gasteiger charge is 2.13. The van der Waals surface area contributed by atoms with Gasteiger partial charge in [-0.15, -0.1) is 0 Å². The lowest BCUT2D eigenvalue weighted by Crippen LogP contribution is -2.14. The highest BCUT2D eigenvalue weighted by atomic mass is 19.1. The number of halogens is 1. The van der Waals surface area contributed by atoms with Crippen LogP contribution in [0.4, 0.5) is 15.8 Å². The molecular weight excluding hydrogens is 389 g/mol. The van der Waals surface area contributed by atoms with Crippen molar-refractivity contribution in [3.8, 4) is 17.6 Å².